The standard InChI is InChI=1S/C7H12BrClO3S/c1-2-13(11,12)7(8,9)6(10)5-3-4-5/h5-6,10H,2-4H2,1H3. The number of alkyl halides is 2. The minimum absolute atomic E-state index is 0.0261. The van der Waals surface area contributed by atoms with E-state index >= 15 is 0 Å². The summed E-state index contributed by atoms with van der Waals surface area (Å²) in [6.45, 7) is 1.51. The van der Waals surface area contributed by atoms with Crippen molar-refractivity contribution in [3.05, 3.63) is 0 Å². The zero-order valence-corrected chi connectivity index (χ0v) is 10.4. The number of aliphatic hydroxyl groups is 1. The van der Waals surface area contributed by atoms with Crippen molar-refractivity contribution in [2.24, 2.45) is 5.92 Å². The van der Waals surface area contributed by atoms with Gasteiger partial charge in [0.1, 0.15) is 6.10 Å². The lowest BCUT2D eigenvalue weighted by Crippen LogP contribution is -2.41. The highest BCUT2D eigenvalue weighted by Crippen LogP contribution is 2.45. The van der Waals surface area contributed by atoms with Gasteiger partial charge >= 0.3 is 0 Å². The van der Waals surface area contributed by atoms with Gasteiger partial charge in [-0.25, -0.2) is 8.42 Å². The number of rotatable bonds is 4. The van der Waals surface area contributed by atoms with Crippen molar-refractivity contribution in [3.8, 4) is 0 Å². The quantitative estimate of drug-likeness (QED) is 0.798. The first-order valence-electron chi connectivity index (χ1n) is 4.11. The van der Waals surface area contributed by atoms with Crippen LogP contribution in [0.15, 0.2) is 0 Å². The molecule has 0 spiro atoms. The molecule has 3 nitrogen and oxygen atoms in total. The average molecular weight is 292 g/mol. The summed E-state index contributed by atoms with van der Waals surface area (Å²) in [6, 6.07) is 0. The molecule has 0 aromatic carbocycles. The third-order valence-electron chi connectivity index (χ3n) is 2.21. The first-order chi connectivity index (χ1) is 5.83. The molecular formula is C7H12BrClO3S. The fourth-order valence-electron chi connectivity index (χ4n) is 1.06. The smallest absolute Gasteiger partial charge is 0.225 e. The lowest BCUT2D eigenvalue weighted by atomic mass is 10.3. The molecule has 1 aliphatic carbocycles. The van der Waals surface area contributed by atoms with Gasteiger partial charge in [-0.05, 0) is 34.7 Å². The third kappa shape index (κ3) is 2.19. The largest absolute Gasteiger partial charge is 0.389 e. The summed E-state index contributed by atoms with van der Waals surface area (Å²) in [6.07, 6.45) is 0.681. The SMILES string of the molecule is CCS(=O)(=O)C(Cl)(Br)C(O)C1CC1. The molecule has 1 fully saturated rings. The predicted octanol–water partition coefficient (Wildman–Crippen LogP) is 1.48. The Balaban J connectivity index is 2.85. The van der Waals surface area contributed by atoms with Crippen LogP contribution in [0.5, 0.6) is 0 Å². The third-order valence-corrected chi connectivity index (χ3v) is 6.92. The molecule has 13 heavy (non-hydrogen) atoms. The van der Waals surface area contributed by atoms with Gasteiger partial charge in [0.2, 0.25) is 3.12 Å². The number of hydrogen-bond acceptors (Lipinski definition) is 3. The highest BCUT2D eigenvalue weighted by Gasteiger charge is 2.51. The maximum atomic E-state index is 11.5. The van der Waals surface area contributed by atoms with E-state index in [0.29, 0.717) is 0 Å². The summed E-state index contributed by atoms with van der Waals surface area (Å²) in [5.74, 6) is -0.0517. The van der Waals surface area contributed by atoms with Gasteiger partial charge < -0.3 is 5.11 Å². The van der Waals surface area contributed by atoms with Crippen molar-refractivity contribution in [3.63, 3.8) is 0 Å². The van der Waals surface area contributed by atoms with Crippen molar-refractivity contribution >= 4 is 37.4 Å². The van der Waals surface area contributed by atoms with Crippen molar-refractivity contribution < 1.29 is 13.5 Å². The molecule has 1 N–H and O–H groups in total. The summed E-state index contributed by atoms with van der Waals surface area (Å²) in [4.78, 5) is 0. The molecule has 0 aromatic heterocycles. The molecule has 0 aromatic rings. The van der Waals surface area contributed by atoms with Crippen LogP contribution in [-0.2, 0) is 9.84 Å². The summed E-state index contributed by atoms with van der Waals surface area (Å²) in [5.41, 5.74) is 0. The maximum absolute atomic E-state index is 11.5. The Labute approximate surface area is 91.5 Å². The lowest BCUT2D eigenvalue weighted by molar-refractivity contribution is 0.158. The Morgan fingerprint density at radius 1 is 1.69 bits per heavy atom. The molecule has 1 aliphatic rings. The van der Waals surface area contributed by atoms with Gasteiger partial charge in [-0.15, -0.1) is 0 Å². The van der Waals surface area contributed by atoms with Gasteiger partial charge in [-0.1, -0.05) is 18.5 Å². The van der Waals surface area contributed by atoms with E-state index in [1.165, 1.54) is 6.92 Å². The minimum atomic E-state index is -3.47. The van der Waals surface area contributed by atoms with E-state index < -0.39 is 19.1 Å². The van der Waals surface area contributed by atoms with Crippen LogP contribution >= 0.6 is 27.5 Å². The second-order valence-electron chi connectivity index (χ2n) is 3.25. The lowest BCUT2D eigenvalue weighted by Gasteiger charge is -2.25. The summed E-state index contributed by atoms with van der Waals surface area (Å²) in [7, 11) is -3.47. The molecular weight excluding hydrogens is 279 g/mol. The number of aliphatic hydroxyl groups excluding tert-OH is 1. The van der Waals surface area contributed by atoms with E-state index in [4.69, 9.17) is 11.6 Å². The van der Waals surface area contributed by atoms with Crippen LogP contribution in [0.4, 0.5) is 0 Å². The average Bonchev–Trinajstić information content (AvgIpc) is 2.85. The molecule has 1 rings (SSSR count). The van der Waals surface area contributed by atoms with Crippen molar-refractivity contribution in [2.45, 2.75) is 29.0 Å². The first-order valence-corrected chi connectivity index (χ1v) is 6.93. The molecule has 0 heterocycles. The highest BCUT2D eigenvalue weighted by molar-refractivity contribution is 9.12. The van der Waals surface area contributed by atoms with Crippen LogP contribution in [0.3, 0.4) is 0 Å². The summed E-state index contributed by atoms with van der Waals surface area (Å²) >= 11 is 8.69. The van der Waals surface area contributed by atoms with Crippen LogP contribution in [0.25, 0.3) is 0 Å². The number of hydrogen-bond donors (Lipinski definition) is 1. The summed E-state index contributed by atoms with van der Waals surface area (Å²) < 4.78 is 21.2. The van der Waals surface area contributed by atoms with Gasteiger partial charge in [-0.2, -0.15) is 0 Å². The maximum Gasteiger partial charge on any atom is 0.225 e. The van der Waals surface area contributed by atoms with Gasteiger partial charge in [0, 0.05) is 0 Å². The molecule has 2 atom stereocenters. The van der Waals surface area contributed by atoms with Crippen LogP contribution in [0, 0.1) is 5.92 Å². The predicted molar refractivity (Wildman–Crippen MR) is 55.7 cm³/mol. The number of sulfone groups is 1. The second-order valence-corrected chi connectivity index (χ2v) is 8.75. The van der Waals surface area contributed by atoms with E-state index in [2.05, 4.69) is 15.9 Å². The van der Waals surface area contributed by atoms with E-state index in [-0.39, 0.29) is 11.7 Å². The van der Waals surface area contributed by atoms with E-state index in [0.717, 1.165) is 12.8 Å². The molecule has 0 bridgehead atoms. The Morgan fingerprint density at radius 3 is 2.46 bits per heavy atom. The Morgan fingerprint density at radius 2 is 2.15 bits per heavy atom. The molecule has 2 unspecified atom stereocenters. The highest BCUT2D eigenvalue weighted by atomic mass is 79.9. The van der Waals surface area contributed by atoms with Crippen LogP contribution < -0.4 is 0 Å². The van der Waals surface area contributed by atoms with Crippen molar-refractivity contribution in [2.75, 3.05) is 5.75 Å². The Bertz CT molecular complexity index is 284. The molecule has 78 valence electrons. The Kier molecular flexibility index (Phi) is 3.33. The molecule has 0 aliphatic heterocycles. The van der Waals surface area contributed by atoms with Crippen molar-refractivity contribution in [1.82, 2.24) is 0 Å². The fraction of sp³-hybridized carbons (Fsp3) is 1.00. The second kappa shape index (κ2) is 3.68. The fourth-order valence-corrected chi connectivity index (χ4v) is 3.57. The number of halogens is 2. The van der Waals surface area contributed by atoms with Crippen LogP contribution in [-0.4, -0.2) is 28.5 Å². The normalized spacial score (nSPS) is 25.2. The van der Waals surface area contributed by atoms with Gasteiger partial charge in [-0.3, -0.25) is 0 Å². The topological polar surface area (TPSA) is 54.4 Å². The first kappa shape index (κ1) is 11.8. The molecule has 0 radical (unpaired) electrons. The van der Waals surface area contributed by atoms with E-state index in [9.17, 15) is 13.5 Å². The van der Waals surface area contributed by atoms with Gasteiger partial charge in [0.15, 0.2) is 9.84 Å². The molecule has 0 saturated heterocycles. The van der Waals surface area contributed by atoms with Gasteiger partial charge in [0.25, 0.3) is 0 Å². The minimum Gasteiger partial charge on any atom is -0.389 e. The monoisotopic (exact) mass is 290 g/mol. The molecule has 0 amide bonds. The Hall–Kier alpha value is 0.680. The van der Waals surface area contributed by atoms with Crippen LogP contribution in [0.1, 0.15) is 19.8 Å². The van der Waals surface area contributed by atoms with Gasteiger partial charge in [0.05, 0.1) is 5.75 Å². The zero-order valence-electron chi connectivity index (χ0n) is 7.20. The molecule has 6 heteroatoms. The van der Waals surface area contributed by atoms with Crippen molar-refractivity contribution in [1.29, 1.82) is 0 Å². The zero-order chi connectivity index (χ0) is 10.3. The van der Waals surface area contributed by atoms with Crippen LogP contribution in [0.2, 0.25) is 0 Å². The van der Waals surface area contributed by atoms with E-state index in [1.54, 1.807) is 0 Å². The summed E-state index contributed by atoms with van der Waals surface area (Å²) in [5, 5.41) is 9.63. The van der Waals surface area contributed by atoms with E-state index in [1.807, 2.05) is 0 Å². The molecule has 1 saturated carbocycles.